The molecule has 3 aromatic rings. The van der Waals surface area contributed by atoms with Gasteiger partial charge in [0.25, 0.3) is 5.91 Å². The molecule has 146 valence electrons. The quantitative estimate of drug-likeness (QED) is 0.684. The van der Waals surface area contributed by atoms with Crippen LogP contribution >= 0.6 is 0 Å². The Morgan fingerprint density at radius 1 is 1.21 bits per heavy atom. The molecule has 0 aliphatic carbocycles. The van der Waals surface area contributed by atoms with E-state index in [0.29, 0.717) is 25.9 Å². The van der Waals surface area contributed by atoms with Crippen molar-refractivity contribution in [2.45, 2.75) is 40.2 Å². The Kier molecular flexibility index (Phi) is 6.09. The molecule has 0 fully saturated rings. The van der Waals surface area contributed by atoms with Gasteiger partial charge in [0.15, 0.2) is 5.43 Å². The van der Waals surface area contributed by atoms with Gasteiger partial charge in [-0.3, -0.25) is 14.6 Å². The van der Waals surface area contributed by atoms with Crippen LogP contribution in [0.15, 0.2) is 51.8 Å². The molecule has 3 aromatic heterocycles. The number of carbonyl (C=O) groups is 1. The average molecular weight is 379 g/mol. The highest BCUT2D eigenvalue weighted by Gasteiger charge is 2.19. The Hall–Kier alpha value is -3.15. The number of aromatic nitrogens is 2. The van der Waals surface area contributed by atoms with Crippen LogP contribution in [0.2, 0.25) is 0 Å². The van der Waals surface area contributed by atoms with Crippen LogP contribution in [0.3, 0.4) is 0 Å². The monoisotopic (exact) mass is 379 g/mol. The lowest BCUT2D eigenvalue weighted by atomic mass is 10.1. The number of amides is 1. The van der Waals surface area contributed by atoms with Gasteiger partial charge in [0.05, 0.1) is 6.54 Å². The van der Waals surface area contributed by atoms with E-state index in [4.69, 9.17) is 4.42 Å². The zero-order valence-corrected chi connectivity index (χ0v) is 16.5. The van der Waals surface area contributed by atoms with Gasteiger partial charge in [0.2, 0.25) is 0 Å². The van der Waals surface area contributed by atoms with Crippen LogP contribution in [0.25, 0.3) is 0 Å². The second-order valence-electron chi connectivity index (χ2n) is 6.75. The molecule has 28 heavy (non-hydrogen) atoms. The first kappa shape index (κ1) is 19.6. The molecule has 0 bridgehead atoms. The highest BCUT2D eigenvalue weighted by atomic mass is 16.3. The molecule has 0 saturated carbocycles. The summed E-state index contributed by atoms with van der Waals surface area (Å²) in [5.41, 5.74) is 2.37. The lowest BCUT2D eigenvalue weighted by molar-refractivity contribution is 0.0951. The predicted octanol–water partition coefficient (Wildman–Crippen LogP) is 3.04. The van der Waals surface area contributed by atoms with Gasteiger partial charge in [0.1, 0.15) is 17.1 Å². The maximum Gasteiger partial charge on any atom is 0.257 e. The van der Waals surface area contributed by atoms with Gasteiger partial charge in [-0.15, -0.1) is 0 Å². The largest absolute Gasteiger partial charge is 0.464 e. The number of furan rings is 1. The summed E-state index contributed by atoms with van der Waals surface area (Å²) in [6.07, 6.45) is 2.90. The van der Waals surface area contributed by atoms with E-state index in [1.54, 1.807) is 6.20 Å². The molecular weight excluding hydrogens is 354 g/mol. The topological polar surface area (TPSA) is 77.1 Å². The summed E-state index contributed by atoms with van der Waals surface area (Å²) in [4.78, 5) is 29.6. The molecular formula is C22H25N3O3. The van der Waals surface area contributed by atoms with E-state index < -0.39 is 0 Å². The molecule has 1 amide bonds. The van der Waals surface area contributed by atoms with Crippen LogP contribution in [0.5, 0.6) is 0 Å². The van der Waals surface area contributed by atoms with Crippen LogP contribution in [0, 0.1) is 13.8 Å². The minimum absolute atomic E-state index is 0.206. The normalized spacial score (nSPS) is 10.8. The van der Waals surface area contributed by atoms with Crippen molar-refractivity contribution in [3.63, 3.8) is 0 Å². The van der Waals surface area contributed by atoms with E-state index in [1.165, 1.54) is 6.07 Å². The zero-order valence-electron chi connectivity index (χ0n) is 16.5. The Labute approximate surface area is 164 Å². The molecule has 0 atom stereocenters. The summed E-state index contributed by atoms with van der Waals surface area (Å²) in [6, 6.07) is 11.0. The van der Waals surface area contributed by atoms with Gasteiger partial charge in [0, 0.05) is 42.3 Å². The molecule has 1 N–H and O–H groups in total. The summed E-state index contributed by atoms with van der Waals surface area (Å²) in [7, 11) is 0. The molecule has 0 spiro atoms. The summed E-state index contributed by atoms with van der Waals surface area (Å²) in [5, 5.41) is 2.86. The van der Waals surface area contributed by atoms with Crippen LogP contribution < -0.4 is 10.7 Å². The zero-order chi connectivity index (χ0) is 20.1. The molecule has 0 aliphatic rings. The van der Waals surface area contributed by atoms with Gasteiger partial charge >= 0.3 is 0 Å². The third-order valence-electron chi connectivity index (χ3n) is 4.69. The number of rotatable bonds is 7. The van der Waals surface area contributed by atoms with Crippen molar-refractivity contribution < 1.29 is 9.21 Å². The van der Waals surface area contributed by atoms with Gasteiger partial charge in [-0.05, 0) is 44.5 Å². The Balaban J connectivity index is 1.83. The maximum absolute atomic E-state index is 12.8. The van der Waals surface area contributed by atoms with Crippen LogP contribution in [-0.4, -0.2) is 22.0 Å². The van der Waals surface area contributed by atoms with Crippen molar-refractivity contribution in [2.24, 2.45) is 0 Å². The smallest absolute Gasteiger partial charge is 0.257 e. The van der Waals surface area contributed by atoms with E-state index in [2.05, 4.69) is 10.3 Å². The minimum Gasteiger partial charge on any atom is -0.464 e. The molecule has 3 rings (SSSR count). The molecule has 0 saturated heterocycles. The number of nitrogens with one attached hydrogen (secondary N) is 1. The number of hydrogen-bond acceptors (Lipinski definition) is 4. The molecule has 6 nitrogen and oxygen atoms in total. The van der Waals surface area contributed by atoms with Crippen molar-refractivity contribution in [2.75, 3.05) is 6.54 Å². The van der Waals surface area contributed by atoms with Crippen molar-refractivity contribution in [3.05, 3.63) is 87.0 Å². The SMILES string of the molecule is CCc1c(C(=O)NCCc2ccccn2)c(=O)cc(C)n1Cc1ccc(C)o1. The summed E-state index contributed by atoms with van der Waals surface area (Å²) in [5.74, 6) is 1.28. The standard InChI is InChI=1S/C22H25N3O3/c1-4-19-21(22(27)24-12-10-17-7-5-6-11-23-17)20(26)13-15(2)25(19)14-18-9-8-16(3)28-18/h5-9,11,13H,4,10,12,14H2,1-3H3,(H,24,27). The highest BCUT2D eigenvalue weighted by Crippen LogP contribution is 2.15. The van der Waals surface area contributed by atoms with Crippen LogP contribution in [-0.2, 0) is 19.4 Å². The lowest BCUT2D eigenvalue weighted by Gasteiger charge is -2.18. The predicted molar refractivity (Wildman–Crippen MR) is 108 cm³/mol. The molecule has 3 heterocycles. The van der Waals surface area contributed by atoms with Crippen molar-refractivity contribution in [1.82, 2.24) is 14.9 Å². The Morgan fingerprint density at radius 3 is 2.68 bits per heavy atom. The molecule has 0 unspecified atom stereocenters. The van der Waals surface area contributed by atoms with E-state index in [1.807, 2.05) is 55.7 Å². The lowest BCUT2D eigenvalue weighted by Crippen LogP contribution is -2.34. The third-order valence-corrected chi connectivity index (χ3v) is 4.69. The fourth-order valence-electron chi connectivity index (χ4n) is 3.33. The number of aryl methyl sites for hydroxylation is 2. The second kappa shape index (κ2) is 8.69. The average Bonchev–Trinajstić information content (AvgIpc) is 3.09. The van der Waals surface area contributed by atoms with Gasteiger partial charge in [-0.25, -0.2) is 0 Å². The third kappa shape index (κ3) is 4.39. The maximum atomic E-state index is 12.8. The first-order valence-electron chi connectivity index (χ1n) is 9.46. The van der Waals surface area contributed by atoms with E-state index >= 15 is 0 Å². The Morgan fingerprint density at radius 2 is 2.04 bits per heavy atom. The van der Waals surface area contributed by atoms with Crippen molar-refractivity contribution in [3.8, 4) is 0 Å². The van der Waals surface area contributed by atoms with Crippen molar-refractivity contribution in [1.29, 1.82) is 0 Å². The second-order valence-corrected chi connectivity index (χ2v) is 6.75. The summed E-state index contributed by atoms with van der Waals surface area (Å²) >= 11 is 0. The molecule has 0 radical (unpaired) electrons. The van der Waals surface area contributed by atoms with Gasteiger partial charge < -0.3 is 14.3 Å². The fourth-order valence-corrected chi connectivity index (χ4v) is 3.33. The molecule has 0 aliphatic heterocycles. The molecule has 6 heteroatoms. The Bertz CT molecular complexity index is 1020. The highest BCUT2D eigenvalue weighted by molar-refractivity contribution is 5.95. The first-order chi connectivity index (χ1) is 13.5. The summed E-state index contributed by atoms with van der Waals surface area (Å²) < 4.78 is 7.66. The number of carbonyl (C=O) groups excluding carboxylic acids is 1. The minimum atomic E-state index is -0.345. The van der Waals surface area contributed by atoms with E-state index in [0.717, 1.165) is 28.6 Å². The first-order valence-corrected chi connectivity index (χ1v) is 9.46. The number of pyridine rings is 2. The summed E-state index contributed by atoms with van der Waals surface area (Å²) in [6.45, 7) is 6.62. The molecule has 0 aromatic carbocycles. The number of hydrogen-bond donors (Lipinski definition) is 1. The van der Waals surface area contributed by atoms with E-state index in [-0.39, 0.29) is 16.9 Å². The van der Waals surface area contributed by atoms with Gasteiger partial charge in [-0.2, -0.15) is 0 Å². The number of nitrogens with zero attached hydrogens (tertiary/aromatic N) is 2. The van der Waals surface area contributed by atoms with Crippen LogP contribution in [0.1, 0.15) is 45.9 Å². The fraction of sp³-hybridized carbons (Fsp3) is 0.318. The van der Waals surface area contributed by atoms with Gasteiger partial charge in [-0.1, -0.05) is 13.0 Å². The van der Waals surface area contributed by atoms with Crippen LogP contribution in [0.4, 0.5) is 0 Å². The van der Waals surface area contributed by atoms with Crippen molar-refractivity contribution >= 4 is 5.91 Å². The van der Waals surface area contributed by atoms with E-state index in [9.17, 15) is 9.59 Å².